The molecule has 2 N–H and O–H groups in total. The van der Waals surface area contributed by atoms with Gasteiger partial charge in [-0.3, -0.25) is 9.69 Å². The van der Waals surface area contributed by atoms with Crippen LogP contribution in [0.1, 0.15) is 22.5 Å². The van der Waals surface area contributed by atoms with E-state index in [1.54, 1.807) is 19.2 Å². The second kappa shape index (κ2) is 10.5. The van der Waals surface area contributed by atoms with E-state index in [0.717, 1.165) is 61.8 Å². The number of H-pyrrole nitrogens is 1. The van der Waals surface area contributed by atoms with Crippen molar-refractivity contribution < 1.29 is 13.9 Å². The van der Waals surface area contributed by atoms with Crippen LogP contribution in [0, 0.1) is 12.7 Å². The van der Waals surface area contributed by atoms with E-state index in [0.29, 0.717) is 12.1 Å². The number of amides is 1. The SMILES string of the molecule is COc1ccc(N2CCN(CCCNC(=O)c3cc(-c4ccc(F)cc4)[nH]c3C)CC2)cc1. The lowest BCUT2D eigenvalue weighted by Crippen LogP contribution is -2.47. The Kier molecular flexibility index (Phi) is 7.29. The molecule has 0 radical (unpaired) electrons. The van der Waals surface area contributed by atoms with Gasteiger partial charge >= 0.3 is 0 Å². The van der Waals surface area contributed by atoms with Crippen molar-refractivity contribution in [3.63, 3.8) is 0 Å². The largest absolute Gasteiger partial charge is 0.497 e. The van der Waals surface area contributed by atoms with Gasteiger partial charge in [-0.15, -0.1) is 0 Å². The van der Waals surface area contributed by atoms with Gasteiger partial charge in [0.05, 0.1) is 12.7 Å². The average Bonchev–Trinajstić information content (AvgIpc) is 3.24. The van der Waals surface area contributed by atoms with Gasteiger partial charge in [0.15, 0.2) is 0 Å². The Morgan fingerprint density at radius 2 is 1.76 bits per heavy atom. The molecule has 1 amide bonds. The molecule has 0 saturated carbocycles. The molecule has 0 bridgehead atoms. The van der Waals surface area contributed by atoms with Crippen LogP contribution in [0.3, 0.4) is 0 Å². The van der Waals surface area contributed by atoms with Gasteiger partial charge in [-0.25, -0.2) is 4.39 Å². The first-order valence-corrected chi connectivity index (χ1v) is 11.4. The van der Waals surface area contributed by atoms with Gasteiger partial charge in [0.25, 0.3) is 5.91 Å². The Bertz CT molecular complexity index is 1050. The van der Waals surface area contributed by atoms with Gasteiger partial charge in [0.1, 0.15) is 11.6 Å². The third-order valence-electron chi connectivity index (χ3n) is 6.16. The fourth-order valence-electron chi connectivity index (χ4n) is 4.20. The molecule has 4 rings (SSSR count). The van der Waals surface area contributed by atoms with Crippen LogP contribution in [0.25, 0.3) is 11.3 Å². The molecule has 0 spiro atoms. The van der Waals surface area contributed by atoms with E-state index in [-0.39, 0.29) is 11.7 Å². The van der Waals surface area contributed by atoms with E-state index in [2.05, 4.69) is 32.2 Å². The molecule has 3 aromatic rings. The normalized spacial score (nSPS) is 14.3. The fraction of sp³-hybridized carbons (Fsp3) is 0.346. The molecule has 1 saturated heterocycles. The van der Waals surface area contributed by atoms with Crippen molar-refractivity contribution in [1.29, 1.82) is 0 Å². The predicted molar refractivity (Wildman–Crippen MR) is 130 cm³/mol. The molecule has 0 unspecified atom stereocenters. The van der Waals surface area contributed by atoms with Crippen LogP contribution in [0.5, 0.6) is 5.75 Å². The number of halogens is 1. The summed E-state index contributed by atoms with van der Waals surface area (Å²) in [6.45, 7) is 7.48. The molecule has 1 aliphatic rings. The second-order valence-electron chi connectivity index (χ2n) is 8.36. The molecular formula is C26H31FN4O2. The number of methoxy groups -OCH3 is 1. The van der Waals surface area contributed by atoms with E-state index >= 15 is 0 Å². The highest BCUT2D eigenvalue weighted by Crippen LogP contribution is 2.22. The van der Waals surface area contributed by atoms with Crippen molar-refractivity contribution in [2.45, 2.75) is 13.3 Å². The number of anilines is 1. The summed E-state index contributed by atoms with van der Waals surface area (Å²) in [7, 11) is 1.68. The maximum absolute atomic E-state index is 13.2. The molecule has 2 heterocycles. The first-order chi connectivity index (χ1) is 16.0. The third kappa shape index (κ3) is 5.73. The number of nitrogens with one attached hydrogen (secondary N) is 2. The van der Waals surface area contributed by atoms with E-state index in [1.807, 2.05) is 25.1 Å². The number of aryl methyl sites for hydroxylation is 1. The van der Waals surface area contributed by atoms with Gasteiger partial charge < -0.3 is 19.9 Å². The van der Waals surface area contributed by atoms with Crippen molar-refractivity contribution in [3.05, 3.63) is 71.7 Å². The quantitative estimate of drug-likeness (QED) is 0.508. The Labute approximate surface area is 194 Å². The Hall–Kier alpha value is -3.32. The molecule has 1 fully saturated rings. The number of ether oxygens (including phenoxy) is 1. The number of aromatic nitrogens is 1. The molecule has 0 aliphatic carbocycles. The molecule has 174 valence electrons. The first kappa shape index (κ1) is 22.9. The Morgan fingerprint density at radius 1 is 1.06 bits per heavy atom. The highest BCUT2D eigenvalue weighted by Gasteiger charge is 2.17. The van der Waals surface area contributed by atoms with Crippen LogP contribution >= 0.6 is 0 Å². The summed E-state index contributed by atoms with van der Waals surface area (Å²) in [5.41, 5.74) is 4.33. The molecule has 1 aromatic heterocycles. The Balaban J connectivity index is 1.20. The number of nitrogens with zero attached hydrogens (tertiary/aromatic N) is 2. The zero-order valence-electron chi connectivity index (χ0n) is 19.2. The lowest BCUT2D eigenvalue weighted by molar-refractivity contribution is 0.0951. The fourth-order valence-corrected chi connectivity index (χ4v) is 4.20. The monoisotopic (exact) mass is 450 g/mol. The minimum Gasteiger partial charge on any atom is -0.497 e. The predicted octanol–water partition coefficient (Wildman–Crippen LogP) is 4.08. The maximum atomic E-state index is 13.2. The number of carbonyl (C=O) groups is 1. The molecule has 0 atom stereocenters. The van der Waals surface area contributed by atoms with E-state index < -0.39 is 0 Å². The topological polar surface area (TPSA) is 60.6 Å². The summed E-state index contributed by atoms with van der Waals surface area (Å²) in [4.78, 5) is 20.7. The van der Waals surface area contributed by atoms with E-state index in [1.165, 1.54) is 17.8 Å². The zero-order chi connectivity index (χ0) is 23.2. The number of aromatic amines is 1. The smallest absolute Gasteiger partial charge is 0.253 e. The summed E-state index contributed by atoms with van der Waals surface area (Å²) >= 11 is 0. The summed E-state index contributed by atoms with van der Waals surface area (Å²) in [6, 6.07) is 16.3. The van der Waals surface area contributed by atoms with Crippen molar-refractivity contribution >= 4 is 11.6 Å². The van der Waals surface area contributed by atoms with Crippen LogP contribution < -0.4 is 15.0 Å². The number of carbonyl (C=O) groups excluding carboxylic acids is 1. The van der Waals surface area contributed by atoms with Crippen molar-refractivity contribution in [2.75, 3.05) is 51.3 Å². The summed E-state index contributed by atoms with van der Waals surface area (Å²) in [5.74, 6) is 0.518. The molecule has 2 aromatic carbocycles. The zero-order valence-corrected chi connectivity index (χ0v) is 19.2. The first-order valence-electron chi connectivity index (χ1n) is 11.4. The highest BCUT2D eigenvalue weighted by molar-refractivity contribution is 5.96. The van der Waals surface area contributed by atoms with Crippen molar-refractivity contribution in [1.82, 2.24) is 15.2 Å². The van der Waals surface area contributed by atoms with Gasteiger partial charge in [0.2, 0.25) is 0 Å². The molecular weight excluding hydrogens is 419 g/mol. The van der Waals surface area contributed by atoms with E-state index in [4.69, 9.17) is 4.74 Å². The van der Waals surface area contributed by atoms with Crippen LogP contribution in [-0.2, 0) is 0 Å². The minimum absolute atomic E-state index is 0.0820. The molecule has 6 nitrogen and oxygen atoms in total. The standard InChI is InChI=1S/C26H31FN4O2/c1-19-24(18-25(29-19)20-4-6-21(27)7-5-20)26(32)28-12-3-13-30-14-16-31(17-15-30)22-8-10-23(33-2)11-9-22/h4-11,18,29H,3,12-17H2,1-2H3,(H,28,32). The van der Waals surface area contributed by atoms with Gasteiger partial charge in [-0.2, -0.15) is 0 Å². The molecule has 1 aliphatic heterocycles. The minimum atomic E-state index is -0.276. The Morgan fingerprint density at radius 3 is 2.42 bits per heavy atom. The summed E-state index contributed by atoms with van der Waals surface area (Å²) < 4.78 is 18.4. The summed E-state index contributed by atoms with van der Waals surface area (Å²) in [6.07, 6.45) is 0.905. The van der Waals surface area contributed by atoms with Crippen LogP contribution in [0.2, 0.25) is 0 Å². The average molecular weight is 451 g/mol. The molecule has 7 heteroatoms. The second-order valence-corrected chi connectivity index (χ2v) is 8.36. The van der Waals surface area contributed by atoms with Crippen LogP contribution in [-0.4, -0.2) is 62.2 Å². The number of piperazine rings is 1. The summed E-state index contributed by atoms with van der Waals surface area (Å²) in [5, 5.41) is 3.03. The number of benzene rings is 2. The lowest BCUT2D eigenvalue weighted by Gasteiger charge is -2.36. The highest BCUT2D eigenvalue weighted by atomic mass is 19.1. The lowest BCUT2D eigenvalue weighted by atomic mass is 10.1. The van der Waals surface area contributed by atoms with Crippen molar-refractivity contribution in [3.8, 4) is 17.0 Å². The van der Waals surface area contributed by atoms with Gasteiger partial charge in [-0.1, -0.05) is 0 Å². The van der Waals surface area contributed by atoms with Gasteiger partial charge in [-0.05, 0) is 80.1 Å². The third-order valence-corrected chi connectivity index (χ3v) is 6.16. The van der Waals surface area contributed by atoms with E-state index in [9.17, 15) is 9.18 Å². The number of hydrogen-bond donors (Lipinski definition) is 2. The number of hydrogen-bond acceptors (Lipinski definition) is 4. The van der Waals surface area contributed by atoms with Gasteiger partial charge in [0, 0.05) is 49.8 Å². The van der Waals surface area contributed by atoms with Crippen LogP contribution in [0.15, 0.2) is 54.6 Å². The number of rotatable bonds is 8. The van der Waals surface area contributed by atoms with Crippen molar-refractivity contribution in [2.24, 2.45) is 0 Å². The maximum Gasteiger partial charge on any atom is 0.253 e. The van der Waals surface area contributed by atoms with Crippen LogP contribution in [0.4, 0.5) is 10.1 Å². The molecule has 33 heavy (non-hydrogen) atoms.